The topological polar surface area (TPSA) is 93.3 Å². The molecule has 0 aliphatic carbocycles. The van der Waals surface area contributed by atoms with E-state index in [9.17, 15) is 19.2 Å². The number of nitrogens with one attached hydrogen (secondary N) is 1. The minimum absolute atomic E-state index is 0.0362. The zero-order valence-electron chi connectivity index (χ0n) is 15.9. The lowest BCUT2D eigenvalue weighted by molar-refractivity contribution is -0.142. The second-order valence-electron chi connectivity index (χ2n) is 6.98. The lowest BCUT2D eigenvalue weighted by Gasteiger charge is -2.29. The molecule has 1 unspecified atom stereocenters. The molecular weight excluding hydrogens is 338 g/mol. The van der Waals surface area contributed by atoms with Crippen LogP contribution in [0.3, 0.4) is 0 Å². The Balaban J connectivity index is 1.85. The van der Waals surface area contributed by atoms with Gasteiger partial charge in [0.2, 0.25) is 17.7 Å². The average molecular weight is 367 g/mol. The minimum atomic E-state index is -0.452. The van der Waals surface area contributed by atoms with E-state index in [2.05, 4.69) is 5.32 Å². The van der Waals surface area contributed by atoms with Gasteiger partial charge in [0, 0.05) is 53.2 Å². The van der Waals surface area contributed by atoms with Crippen molar-refractivity contribution in [2.75, 3.05) is 53.4 Å². The van der Waals surface area contributed by atoms with E-state index in [0.717, 1.165) is 6.42 Å². The second kappa shape index (κ2) is 8.86. The Morgan fingerprint density at radius 3 is 2.31 bits per heavy atom. The number of carbonyl (C=O) groups is 4. The number of amides is 5. The van der Waals surface area contributed by atoms with Gasteiger partial charge in [-0.15, -0.1) is 0 Å². The molecule has 2 fully saturated rings. The van der Waals surface area contributed by atoms with E-state index in [0.29, 0.717) is 45.6 Å². The smallest absolute Gasteiger partial charge is 0.317 e. The van der Waals surface area contributed by atoms with Crippen molar-refractivity contribution in [3.05, 3.63) is 0 Å². The van der Waals surface area contributed by atoms with E-state index in [1.54, 1.807) is 35.7 Å². The number of urea groups is 1. The van der Waals surface area contributed by atoms with Crippen LogP contribution in [0.5, 0.6) is 0 Å². The van der Waals surface area contributed by atoms with Gasteiger partial charge >= 0.3 is 6.03 Å². The normalized spacial score (nSPS) is 19.2. The molecule has 2 rings (SSSR count). The third-order valence-corrected chi connectivity index (χ3v) is 4.89. The molecule has 2 heterocycles. The molecule has 0 aromatic heterocycles. The first-order valence-corrected chi connectivity index (χ1v) is 9.12. The van der Waals surface area contributed by atoms with Gasteiger partial charge in [-0.05, 0) is 19.8 Å². The molecule has 0 radical (unpaired) electrons. The third-order valence-electron chi connectivity index (χ3n) is 4.89. The van der Waals surface area contributed by atoms with Gasteiger partial charge in [0.15, 0.2) is 0 Å². The van der Waals surface area contributed by atoms with Gasteiger partial charge in [-0.1, -0.05) is 0 Å². The summed E-state index contributed by atoms with van der Waals surface area (Å²) in [7, 11) is 3.23. The van der Waals surface area contributed by atoms with Crippen LogP contribution in [-0.4, -0.2) is 103 Å². The number of nitrogens with zero attached hydrogens (tertiary/aromatic N) is 4. The van der Waals surface area contributed by atoms with E-state index in [1.165, 1.54) is 4.90 Å². The quantitative estimate of drug-likeness (QED) is 0.713. The van der Waals surface area contributed by atoms with Crippen molar-refractivity contribution in [3.63, 3.8) is 0 Å². The van der Waals surface area contributed by atoms with Crippen LogP contribution in [0.4, 0.5) is 4.79 Å². The van der Waals surface area contributed by atoms with Gasteiger partial charge in [-0.25, -0.2) is 4.79 Å². The van der Waals surface area contributed by atoms with Gasteiger partial charge in [0.25, 0.3) is 0 Å². The number of likely N-dealkylation sites (tertiary alicyclic amines) is 1. The standard InChI is InChI=1S/C17H29N5O4/c1-13(22-9-4-6-14(22)23)16(25)21-8-5-7-20(10-11-21)15(24)12-18-17(26)19(2)3/h13H,4-12H2,1-3H3,(H,18,26). The molecule has 1 atom stereocenters. The monoisotopic (exact) mass is 367 g/mol. The van der Waals surface area contributed by atoms with E-state index in [4.69, 9.17) is 0 Å². The molecule has 0 aromatic rings. The predicted molar refractivity (Wildman–Crippen MR) is 95.3 cm³/mol. The van der Waals surface area contributed by atoms with E-state index < -0.39 is 6.04 Å². The summed E-state index contributed by atoms with van der Waals surface area (Å²) in [6.07, 6.45) is 2.00. The number of hydrogen-bond donors (Lipinski definition) is 1. The predicted octanol–water partition coefficient (Wildman–Crippen LogP) is -0.671. The highest BCUT2D eigenvalue weighted by atomic mass is 16.2. The molecule has 9 heteroatoms. The lowest BCUT2D eigenvalue weighted by atomic mass is 10.2. The van der Waals surface area contributed by atoms with Crippen molar-refractivity contribution < 1.29 is 19.2 Å². The van der Waals surface area contributed by atoms with Crippen LogP contribution in [0.15, 0.2) is 0 Å². The van der Waals surface area contributed by atoms with Crippen molar-refractivity contribution in [3.8, 4) is 0 Å². The van der Waals surface area contributed by atoms with Crippen LogP contribution in [0.1, 0.15) is 26.2 Å². The SMILES string of the molecule is CC(C(=O)N1CCCN(C(=O)CNC(=O)N(C)C)CC1)N1CCCC1=O. The first-order chi connectivity index (χ1) is 12.3. The Morgan fingerprint density at radius 2 is 1.69 bits per heavy atom. The summed E-state index contributed by atoms with van der Waals surface area (Å²) in [5.41, 5.74) is 0. The summed E-state index contributed by atoms with van der Waals surface area (Å²) >= 11 is 0. The lowest BCUT2D eigenvalue weighted by Crippen LogP contribution is -2.49. The average Bonchev–Trinajstić information content (AvgIpc) is 2.89. The molecule has 2 aliphatic rings. The molecule has 1 N–H and O–H groups in total. The molecule has 9 nitrogen and oxygen atoms in total. The fraction of sp³-hybridized carbons (Fsp3) is 0.765. The summed E-state index contributed by atoms with van der Waals surface area (Å²) in [5.74, 6) is -0.179. The maximum absolute atomic E-state index is 12.7. The molecule has 146 valence electrons. The van der Waals surface area contributed by atoms with E-state index >= 15 is 0 Å². The zero-order valence-corrected chi connectivity index (χ0v) is 15.9. The fourth-order valence-corrected chi connectivity index (χ4v) is 3.28. The Morgan fingerprint density at radius 1 is 1.04 bits per heavy atom. The van der Waals surface area contributed by atoms with Crippen LogP contribution in [-0.2, 0) is 14.4 Å². The highest BCUT2D eigenvalue weighted by molar-refractivity contribution is 5.88. The Kier molecular flexibility index (Phi) is 6.82. The van der Waals surface area contributed by atoms with Crippen molar-refractivity contribution in [1.29, 1.82) is 0 Å². The molecular formula is C17H29N5O4. The first-order valence-electron chi connectivity index (χ1n) is 9.12. The van der Waals surface area contributed by atoms with Gasteiger partial charge in [0.1, 0.15) is 6.04 Å². The van der Waals surface area contributed by atoms with E-state index in [1.807, 2.05) is 0 Å². The van der Waals surface area contributed by atoms with Crippen LogP contribution in [0, 0.1) is 0 Å². The molecule has 0 bridgehead atoms. The number of hydrogen-bond acceptors (Lipinski definition) is 4. The second-order valence-corrected chi connectivity index (χ2v) is 6.98. The van der Waals surface area contributed by atoms with Gasteiger partial charge < -0.3 is 24.9 Å². The Hall–Kier alpha value is -2.32. The van der Waals surface area contributed by atoms with Gasteiger partial charge in [-0.3, -0.25) is 14.4 Å². The highest BCUT2D eigenvalue weighted by Crippen LogP contribution is 2.16. The molecule has 0 aromatic carbocycles. The molecule has 5 amide bonds. The van der Waals surface area contributed by atoms with Crippen LogP contribution in [0.25, 0.3) is 0 Å². The van der Waals surface area contributed by atoms with Crippen molar-refractivity contribution >= 4 is 23.8 Å². The molecule has 0 spiro atoms. The maximum Gasteiger partial charge on any atom is 0.317 e. The van der Waals surface area contributed by atoms with Crippen molar-refractivity contribution in [2.45, 2.75) is 32.2 Å². The summed E-state index contributed by atoms with van der Waals surface area (Å²) in [6, 6.07) is -0.763. The summed E-state index contributed by atoms with van der Waals surface area (Å²) in [5, 5.41) is 2.56. The van der Waals surface area contributed by atoms with E-state index in [-0.39, 0.29) is 30.3 Å². The molecule has 2 saturated heterocycles. The number of rotatable bonds is 4. The Labute approximate surface area is 154 Å². The summed E-state index contributed by atoms with van der Waals surface area (Å²) in [6.45, 7) is 4.35. The van der Waals surface area contributed by atoms with Gasteiger partial charge in [-0.2, -0.15) is 0 Å². The molecule has 0 saturated carbocycles. The van der Waals surface area contributed by atoms with Crippen LogP contribution in [0.2, 0.25) is 0 Å². The molecule has 2 aliphatic heterocycles. The maximum atomic E-state index is 12.7. The largest absolute Gasteiger partial charge is 0.339 e. The minimum Gasteiger partial charge on any atom is -0.339 e. The van der Waals surface area contributed by atoms with Crippen molar-refractivity contribution in [1.82, 2.24) is 24.9 Å². The van der Waals surface area contributed by atoms with Gasteiger partial charge in [0.05, 0.1) is 6.54 Å². The zero-order chi connectivity index (χ0) is 19.3. The van der Waals surface area contributed by atoms with Crippen LogP contribution >= 0.6 is 0 Å². The third kappa shape index (κ3) is 4.86. The van der Waals surface area contributed by atoms with Crippen molar-refractivity contribution in [2.24, 2.45) is 0 Å². The molecule has 26 heavy (non-hydrogen) atoms. The summed E-state index contributed by atoms with van der Waals surface area (Å²) in [4.78, 5) is 54.8. The number of carbonyl (C=O) groups excluding carboxylic acids is 4. The summed E-state index contributed by atoms with van der Waals surface area (Å²) < 4.78 is 0. The van der Waals surface area contributed by atoms with Crippen LogP contribution < -0.4 is 5.32 Å². The first kappa shape index (κ1) is 20.0. The Bertz CT molecular complexity index is 565. The highest BCUT2D eigenvalue weighted by Gasteiger charge is 2.33. The fourth-order valence-electron chi connectivity index (χ4n) is 3.28.